The highest BCUT2D eigenvalue weighted by molar-refractivity contribution is 8.17. The highest BCUT2D eigenvalue weighted by atomic mass is 32.2. The number of hydrogen-bond acceptors (Lipinski definition) is 7. The number of nitrogens with zero attached hydrogens (tertiary/aromatic N) is 1. The summed E-state index contributed by atoms with van der Waals surface area (Å²) in [5.74, 6) is 1.53. The van der Waals surface area contributed by atoms with Crippen LogP contribution in [0.5, 0.6) is 0 Å². The second kappa shape index (κ2) is 9.26. The molecule has 0 unspecified atom stereocenters. The highest BCUT2D eigenvalue weighted by Crippen LogP contribution is 2.48. The third kappa shape index (κ3) is 5.82. The van der Waals surface area contributed by atoms with Crippen molar-refractivity contribution >= 4 is 37.9 Å². The number of likely N-dealkylation sites (tertiary alicyclic amines) is 1. The van der Waals surface area contributed by atoms with Crippen LogP contribution < -0.4 is 0 Å². The molecule has 3 fully saturated rings. The quantitative estimate of drug-likeness (QED) is 0.453. The van der Waals surface area contributed by atoms with Gasteiger partial charge in [-0.3, -0.25) is 4.90 Å². The van der Waals surface area contributed by atoms with E-state index >= 15 is 0 Å². The van der Waals surface area contributed by atoms with Gasteiger partial charge in [0.15, 0.2) is 14.1 Å². The standard InChI is InChI=1S/C23H43NO5S2Si/c1-21(2,3)29-20(25)24-15(14-26-32(9,10)22(4,5)6)17-18(28-23(7,8)27-17)16(24)19-30-12-11-13-31-19/h15-19H,11-14H2,1-10H3/t15-,16-,17-,18+/m1/s1. The van der Waals surface area contributed by atoms with Crippen molar-refractivity contribution < 1.29 is 23.4 Å². The van der Waals surface area contributed by atoms with Crippen molar-refractivity contribution in [2.24, 2.45) is 0 Å². The molecule has 9 heteroatoms. The fourth-order valence-electron chi connectivity index (χ4n) is 4.16. The van der Waals surface area contributed by atoms with Crippen LogP contribution in [0.25, 0.3) is 0 Å². The zero-order valence-electron chi connectivity index (χ0n) is 21.5. The van der Waals surface area contributed by atoms with Gasteiger partial charge in [-0.2, -0.15) is 0 Å². The van der Waals surface area contributed by atoms with Gasteiger partial charge in [-0.25, -0.2) is 4.79 Å². The minimum Gasteiger partial charge on any atom is -0.444 e. The summed E-state index contributed by atoms with van der Waals surface area (Å²) in [6.07, 6.45) is 0.487. The SMILES string of the molecule is CC(C)(C)OC(=O)N1[C@H](CO[Si](C)(C)C(C)(C)C)[C@H]2OC(C)(C)O[C@H]2[C@@H]1C1SCCCS1. The van der Waals surface area contributed by atoms with Gasteiger partial charge in [0.2, 0.25) is 0 Å². The Kier molecular flexibility index (Phi) is 7.72. The maximum absolute atomic E-state index is 13.6. The van der Waals surface area contributed by atoms with E-state index in [1.165, 1.54) is 6.42 Å². The Morgan fingerprint density at radius 3 is 2.16 bits per heavy atom. The summed E-state index contributed by atoms with van der Waals surface area (Å²) in [6.45, 7) is 21.3. The molecule has 0 spiro atoms. The fraction of sp³-hybridized carbons (Fsp3) is 0.957. The molecule has 3 heterocycles. The lowest BCUT2D eigenvalue weighted by molar-refractivity contribution is -0.167. The number of carbonyl (C=O) groups excluding carboxylic acids is 1. The summed E-state index contributed by atoms with van der Waals surface area (Å²) in [4.78, 5) is 15.5. The molecule has 0 aliphatic carbocycles. The average molecular weight is 506 g/mol. The zero-order chi connectivity index (χ0) is 24.1. The van der Waals surface area contributed by atoms with E-state index in [4.69, 9.17) is 18.6 Å². The average Bonchev–Trinajstić information content (AvgIpc) is 3.08. The maximum atomic E-state index is 13.6. The van der Waals surface area contributed by atoms with Crippen LogP contribution in [0.15, 0.2) is 0 Å². The Morgan fingerprint density at radius 2 is 1.62 bits per heavy atom. The Morgan fingerprint density at radius 1 is 1.06 bits per heavy atom. The lowest BCUT2D eigenvalue weighted by Gasteiger charge is -2.41. The molecular weight excluding hydrogens is 462 g/mol. The molecule has 0 bridgehead atoms. The monoisotopic (exact) mass is 505 g/mol. The first-order valence-electron chi connectivity index (χ1n) is 11.8. The van der Waals surface area contributed by atoms with E-state index < -0.39 is 19.7 Å². The van der Waals surface area contributed by atoms with Crippen LogP contribution in [0.4, 0.5) is 4.79 Å². The summed E-state index contributed by atoms with van der Waals surface area (Å²) in [6, 6.07) is -0.348. The largest absolute Gasteiger partial charge is 0.444 e. The topological polar surface area (TPSA) is 57.2 Å². The second-order valence-electron chi connectivity index (χ2n) is 12.0. The van der Waals surface area contributed by atoms with Gasteiger partial charge in [0, 0.05) is 0 Å². The predicted octanol–water partition coefficient (Wildman–Crippen LogP) is 5.71. The van der Waals surface area contributed by atoms with Gasteiger partial charge < -0.3 is 18.6 Å². The molecule has 3 aliphatic heterocycles. The molecule has 1 amide bonds. The van der Waals surface area contributed by atoms with Gasteiger partial charge in [0.05, 0.1) is 23.3 Å². The van der Waals surface area contributed by atoms with Crippen molar-refractivity contribution in [3.05, 3.63) is 0 Å². The number of ether oxygens (including phenoxy) is 3. The van der Waals surface area contributed by atoms with Gasteiger partial charge in [-0.05, 0) is 70.7 Å². The van der Waals surface area contributed by atoms with Crippen molar-refractivity contribution in [3.8, 4) is 0 Å². The Bertz CT molecular complexity index is 685. The summed E-state index contributed by atoms with van der Waals surface area (Å²) >= 11 is 3.85. The summed E-state index contributed by atoms with van der Waals surface area (Å²) < 4.78 is 25.6. The zero-order valence-corrected chi connectivity index (χ0v) is 24.2. The lowest BCUT2D eigenvalue weighted by Crippen LogP contribution is -2.54. The Balaban J connectivity index is 1.94. The summed E-state index contributed by atoms with van der Waals surface area (Å²) in [5.41, 5.74) is -0.571. The molecule has 0 aromatic rings. The van der Waals surface area contributed by atoms with Crippen molar-refractivity contribution in [1.82, 2.24) is 4.90 Å². The maximum Gasteiger partial charge on any atom is 0.411 e. The van der Waals surface area contributed by atoms with Gasteiger partial charge >= 0.3 is 6.09 Å². The van der Waals surface area contributed by atoms with E-state index in [0.29, 0.717) is 6.61 Å². The molecule has 32 heavy (non-hydrogen) atoms. The lowest BCUT2D eigenvalue weighted by atomic mass is 10.1. The molecule has 0 N–H and O–H groups in total. The van der Waals surface area contributed by atoms with Crippen molar-refractivity contribution in [1.29, 1.82) is 0 Å². The Labute approximate surface area is 204 Å². The molecule has 3 rings (SSSR count). The first-order valence-corrected chi connectivity index (χ1v) is 16.8. The molecule has 4 atom stereocenters. The smallest absolute Gasteiger partial charge is 0.411 e. The molecule has 6 nitrogen and oxygen atoms in total. The summed E-state index contributed by atoms with van der Waals surface area (Å²) in [5, 5.41) is 0.0858. The minimum atomic E-state index is -2.01. The van der Waals surface area contributed by atoms with Crippen LogP contribution in [-0.2, 0) is 18.6 Å². The molecule has 186 valence electrons. The predicted molar refractivity (Wildman–Crippen MR) is 136 cm³/mol. The highest BCUT2D eigenvalue weighted by Gasteiger charge is 2.62. The van der Waals surface area contributed by atoms with Crippen LogP contribution in [0, 0.1) is 0 Å². The van der Waals surface area contributed by atoms with E-state index in [1.54, 1.807) is 0 Å². The first-order chi connectivity index (χ1) is 14.5. The molecule has 3 saturated heterocycles. The molecule has 0 saturated carbocycles. The molecule has 3 aliphatic rings. The van der Waals surface area contributed by atoms with Gasteiger partial charge in [0.25, 0.3) is 0 Å². The molecule has 0 radical (unpaired) electrons. The van der Waals surface area contributed by atoms with Crippen molar-refractivity contribution in [2.75, 3.05) is 18.1 Å². The van der Waals surface area contributed by atoms with Crippen LogP contribution in [0.2, 0.25) is 18.1 Å². The van der Waals surface area contributed by atoms with E-state index in [1.807, 2.05) is 63.0 Å². The number of carbonyl (C=O) groups is 1. The van der Waals surface area contributed by atoms with E-state index in [2.05, 4.69) is 33.9 Å². The van der Waals surface area contributed by atoms with Gasteiger partial charge in [0.1, 0.15) is 17.8 Å². The number of hydrogen-bond donors (Lipinski definition) is 0. The molecular formula is C23H43NO5S2Si. The molecule has 0 aromatic carbocycles. The van der Waals surface area contributed by atoms with Crippen molar-refractivity contribution in [2.45, 2.75) is 120 Å². The van der Waals surface area contributed by atoms with Crippen LogP contribution in [-0.4, -0.2) is 77.7 Å². The van der Waals surface area contributed by atoms with Gasteiger partial charge in [-0.1, -0.05) is 20.8 Å². The number of rotatable bonds is 4. The first kappa shape index (κ1) is 26.7. The van der Waals surface area contributed by atoms with E-state index in [-0.39, 0.29) is 40.0 Å². The normalized spacial score (nSPS) is 31.6. The van der Waals surface area contributed by atoms with Crippen molar-refractivity contribution in [3.63, 3.8) is 0 Å². The second-order valence-corrected chi connectivity index (χ2v) is 19.7. The van der Waals surface area contributed by atoms with Crippen LogP contribution >= 0.6 is 23.5 Å². The number of amides is 1. The van der Waals surface area contributed by atoms with Gasteiger partial charge in [-0.15, -0.1) is 23.5 Å². The number of fused-ring (bicyclic) bond motifs is 1. The minimum absolute atomic E-state index is 0.0858. The Hall–Kier alpha value is 0.0669. The summed E-state index contributed by atoms with van der Waals surface area (Å²) in [7, 11) is -2.01. The third-order valence-electron chi connectivity index (χ3n) is 6.72. The fourth-order valence-corrected chi connectivity index (χ4v) is 8.38. The molecule has 0 aromatic heterocycles. The third-order valence-corrected chi connectivity index (χ3v) is 14.3. The van der Waals surface area contributed by atoms with Crippen LogP contribution in [0.3, 0.4) is 0 Å². The van der Waals surface area contributed by atoms with Crippen LogP contribution in [0.1, 0.15) is 61.8 Å². The van der Waals surface area contributed by atoms with E-state index in [0.717, 1.165) is 11.5 Å². The van der Waals surface area contributed by atoms with E-state index in [9.17, 15) is 4.79 Å². The number of thioether (sulfide) groups is 2.